The molecule has 1 saturated heterocycles. The van der Waals surface area contributed by atoms with E-state index in [1.54, 1.807) is 0 Å². The van der Waals surface area contributed by atoms with Crippen LogP contribution in [0.15, 0.2) is 30.3 Å². The second kappa shape index (κ2) is 8.46. The van der Waals surface area contributed by atoms with E-state index in [1.807, 2.05) is 25.7 Å². The lowest BCUT2D eigenvalue weighted by molar-refractivity contribution is -0.134. The van der Waals surface area contributed by atoms with Crippen molar-refractivity contribution in [2.24, 2.45) is 11.7 Å². The Balaban J connectivity index is 1.97. The van der Waals surface area contributed by atoms with Gasteiger partial charge in [0.25, 0.3) is 0 Å². The minimum absolute atomic E-state index is 0.0917. The molecular weight excluding hydrogens is 286 g/mol. The Kier molecular flexibility index (Phi) is 6.60. The van der Waals surface area contributed by atoms with Gasteiger partial charge in [0.2, 0.25) is 5.91 Å². The van der Waals surface area contributed by atoms with Crippen molar-refractivity contribution >= 4 is 5.91 Å². The van der Waals surface area contributed by atoms with Crippen molar-refractivity contribution in [3.8, 4) is 0 Å². The molecule has 0 aliphatic carbocycles. The first-order valence-corrected chi connectivity index (χ1v) is 8.85. The summed E-state index contributed by atoms with van der Waals surface area (Å²) in [6, 6.07) is 10.6. The van der Waals surface area contributed by atoms with Gasteiger partial charge in [-0.15, -0.1) is 0 Å². The molecule has 1 aliphatic heterocycles. The SMILES string of the molecule is CCN(C[C@@H]1CCCN1Cc1ccccc1)C(=O)[C@@H](N)C(C)C. The zero-order valence-corrected chi connectivity index (χ0v) is 14.7. The number of likely N-dealkylation sites (tertiary alicyclic amines) is 1. The fourth-order valence-electron chi connectivity index (χ4n) is 3.25. The van der Waals surface area contributed by atoms with Crippen LogP contribution in [0.2, 0.25) is 0 Å². The molecule has 128 valence electrons. The number of hydrogen-bond donors (Lipinski definition) is 1. The van der Waals surface area contributed by atoms with Crippen LogP contribution in [0.4, 0.5) is 0 Å². The minimum Gasteiger partial charge on any atom is -0.340 e. The third-order valence-corrected chi connectivity index (χ3v) is 4.86. The van der Waals surface area contributed by atoms with Crippen LogP contribution in [-0.4, -0.2) is 47.4 Å². The zero-order valence-electron chi connectivity index (χ0n) is 14.7. The molecule has 2 rings (SSSR count). The molecule has 0 saturated carbocycles. The van der Waals surface area contributed by atoms with Crippen LogP contribution < -0.4 is 5.73 Å². The largest absolute Gasteiger partial charge is 0.340 e. The van der Waals surface area contributed by atoms with Gasteiger partial charge in [0, 0.05) is 25.7 Å². The van der Waals surface area contributed by atoms with Crippen LogP contribution in [0.3, 0.4) is 0 Å². The number of carbonyl (C=O) groups excluding carboxylic acids is 1. The highest BCUT2D eigenvalue weighted by atomic mass is 16.2. The predicted octanol–water partition coefficient (Wildman–Crippen LogP) is 2.48. The maximum Gasteiger partial charge on any atom is 0.239 e. The third kappa shape index (κ3) is 4.79. The fraction of sp³-hybridized carbons (Fsp3) is 0.632. The summed E-state index contributed by atoms with van der Waals surface area (Å²) in [4.78, 5) is 17.0. The summed E-state index contributed by atoms with van der Waals surface area (Å²) >= 11 is 0. The Hall–Kier alpha value is -1.39. The van der Waals surface area contributed by atoms with E-state index in [0.717, 1.165) is 32.6 Å². The molecule has 2 N–H and O–H groups in total. The number of amides is 1. The normalized spacial score (nSPS) is 20.0. The van der Waals surface area contributed by atoms with Gasteiger partial charge in [-0.3, -0.25) is 9.69 Å². The number of rotatable bonds is 7. The number of nitrogens with zero attached hydrogens (tertiary/aromatic N) is 2. The molecule has 0 radical (unpaired) electrons. The molecule has 2 atom stereocenters. The van der Waals surface area contributed by atoms with Crippen molar-refractivity contribution in [2.75, 3.05) is 19.6 Å². The van der Waals surface area contributed by atoms with Crippen molar-refractivity contribution in [1.82, 2.24) is 9.80 Å². The lowest BCUT2D eigenvalue weighted by Gasteiger charge is -2.32. The van der Waals surface area contributed by atoms with Gasteiger partial charge in [-0.25, -0.2) is 0 Å². The number of likely N-dealkylation sites (N-methyl/N-ethyl adjacent to an activating group) is 1. The summed E-state index contributed by atoms with van der Waals surface area (Å²) in [7, 11) is 0. The van der Waals surface area contributed by atoms with Crippen molar-refractivity contribution in [2.45, 2.75) is 52.2 Å². The topological polar surface area (TPSA) is 49.6 Å². The second-order valence-corrected chi connectivity index (χ2v) is 6.90. The van der Waals surface area contributed by atoms with E-state index in [0.29, 0.717) is 6.04 Å². The highest BCUT2D eigenvalue weighted by molar-refractivity contribution is 5.81. The first kappa shape index (κ1) is 18.0. The molecule has 0 spiro atoms. The molecule has 0 bridgehead atoms. The molecule has 1 amide bonds. The standard InChI is InChI=1S/C19H31N3O/c1-4-21(19(23)18(20)15(2)3)14-17-11-8-12-22(17)13-16-9-6-5-7-10-16/h5-7,9-10,15,17-18H,4,8,11-14,20H2,1-3H3/t17-,18-/m0/s1. The number of carbonyl (C=O) groups is 1. The van der Waals surface area contributed by atoms with Gasteiger partial charge in [-0.2, -0.15) is 0 Å². The summed E-state index contributed by atoms with van der Waals surface area (Å²) < 4.78 is 0. The average molecular weight is 317 g/mol. The molecule has 1 fully saturated rings. The molecular formula is C19H31N3O. The molecule has 0 aromatic heterocycles. The lowest BCUT2D eigenvalue weighted by Crippen LogP contribution is -2.50. The Morgan fingerprint density at radius 3 is 2.65 bits per heavy atom. The van der Waals surface area contributed by atoms with Gasteiger partial charge in [-0.1, -0.05) is 44.2 Å². The zero-order chi connectivity index (χ0) is 16.8. The maximum absolute atomic E-state index is 12.6. The summed E-state index contributed by atoms with van der Waals surface area (Å²) in [6.07, 6.45) is 2.37. The monoisotopic (exact) mass is 317 g/mol. The molecule has 23 heavy (non-hydrogen) atoms. The first-order valence-electron chi connectivity index (χ1n) is 8.85. The summed E-state index contributed by atoms with van der Waals surface area (Å²) in [5.41, 5.74) is 7.40. The Morgan fingerprint density at radius 1 is 1.35 bits per heavy atom. The quantitative estimate of drug-likeness (QED) is 0.840. The molecule has 4 heteroatoms. The summed E-state index contributed by atoms with van der Waals surface area (Å²) in [5.74, 6) is 0.273. The van der Waals surface area contributed by atoms with E-state index in [-0.39, 0.29) is 17.9 Å². The molecule has 1 aromatic carbocycles. The van der Waals surface area contributed by atoms with Crippen molar-refractivity contribution in [1.29, 1.82) is 0 Å². The van der Waals surface area contributed by atoms with Crippen molar-refractivity contribution in [3.63, 3.8) is 0 Å². The Morgan fingerprint density at radius 2 is 2.04 bits per heavy atom. The van der Waals surface area contributed by atoms with Gasteiger partial charge < -0.3 is 10.6 Å². The predicted molar refractivity (Wildman–Crippen MR) is 94.9 cm³/mol. The van der Waals surface area contributed by atoms with E-state index < -0.39 is 0 Å². The van der Waals surface area contributed by atoms with Gasteiger partial charge in [0.15, 0.2) is 0 Å². The van der Waals surface area contributed by atoms with Crippen LogP contribution in [0.1, 0.15) is 39.2 Å². The first-order chi connectivity index (χ1) is 11.0. The minimum atomic E-state index is -0.390. The van der Waals surface area contributed by atoms with E-state index in [9.17, 15) is 4.79 Å². The highest BCUT2D eigenvalue weighted by Crippen LogP contribution is 2.21. The number of benzene rings is 1. The van der Waals surface area contributed by atoms with Crippen molar-refractivity contribution in [3.05, 3.63) is 35.9 Å². The van der Waals surface area contributed by atoms with Crippen LogP contribution in [0.25, 0.3) is 0 Å². The smallest absolute Gasteiger partial charge is 0.239 e. The summed E-state index contributed by atoms with van der Waals surface area (Å²) in [6.45, 7) is 9.66. The summed E-state index contributed by atoms with van der Waals surface area (Å²) in [5, 5.41) is 0. The molecule has 4 nitrogen and oxygen atoms in total. The highest BCUT2D eigenvalue weighted by Gasteiger charge is 2.30. The third-order valence-electron chi connectivity index (χ3n) is 4.86. The van der Waals surface area contributed by atoms with E-state index in [2.05, 4.69) is 35.2 Å². The van der Waals surface area contributed by atoms with E-state index in [4.69, 9.17) is 5.73 Å². The van der Waals surface area contributed by atoms with E-state index in [1.165, 1.54) is 12.0 Å². The maximum atomic E-state index is 12.6. The van der Waals surface area contributed by atoms with Gasteiger partial charge in [0.1, 0.15) is 0 Å². The molecule has 0 unspecified atom stereocenters. The van der Waals surface area contributed by atoms with Crippen LogP contribution in [0.5, 0.6) is 0 Å². The fourth-order valence-corrected chi connectivity index (χ4v) is 3.25. The molecule has 1 aromatic rings. The lowest BCUT2D eigenvalue weighted by atomic mass is 10.0. The Bertz CT molecular complexity index is 489. The molecule has 1 heterocycles. The Labute approximate surface area is 140 Å². The number of nitrogens with two attached hydrogens (primary N) is 1. The second-order valence-electron chi connectivity index (χ2n) is 6.90. The van der Waals surface area contributed by atoms with Gasteiger partial charge >= 0.3 is 0 Å². The average Bonchev–Trinajstić information content (AvgIpc) is 2.99. The van der Waals surface area contributed by atoms with Crippen LogP contribution >= 0.6 is 0 Å². The number of hydrogen-bond acceptors (Lipinski definition) is 3. The van der Waals surface area contributed by atoms with Gasteiger partial charge in [0.05, 0.1) is 6.04 Å². The van der Waals surface area contributed by atoms with Crippen LogP contribution in [-0.2, 0) is 11.3 Å². The van der Waals surface area contributed by atoms with Gasteiger partial charge in [-0.05, 0) is 37.8 Å². The molecule has 1 aliphatic rings. The van der Waals surface area contributed by atoms with Crippen LogP contribution in [0, 0.1) is 5.92 Å². The van der Waals surface area contributed by atoms with E-state index >= 15 is 0 Å². The van der Waals surface area contributed by atoms with Crippen molar-refractivity contribution < 1.29 is 4.79 Å².